The van der Waals surface area contributed by atoms with Crippen LogP contribution in [0.15, 0.2) is 54.6 Å². The van der Waals surface area contributed by atoms with Gasteiger partial charge in [0.05, 0.1) is 12.8 Å². The fraction of sp³-hybridized carbons (Fsp3) is 0.304. The molecule has 1 aromatic heterocycles. The molecule has 3 rings (SSSR count). The summed E-state index contributed by atoms with van der Waals surface area (Å²) < 4.78 is 6.98. The smallest absolute Gasteiger partial charge is 0.242 e. The average molecular weight is 409 g/mol. The molecule has 0 saturated heterocycles. The van der Waals surface area contributed by atoms with Gasteiger partial charge in [0.15, 0.2) is 0 Å². The van der Waals surface area contributed by atoms with E-state index in [0.29, 0.717) is 23.6 Å². The molecule has 30 heavy (non-hydrogen) atoms. The third-order valence-corrected chi connectivity index (χ3v) is 4.78. The zero-order valence-electron chi connectivity index (χ0n) is 17.6. The van der Waals surface area contributed by atoms with Crippen molar-refractivity contribution in [3.05, 3.63) is 65.9 Å². The maximum Gasteiger partial charge on any atom is 0.242 e. The Balaban J connectivity index is 1.80. The lowest BCUT2D eigenvalue weighted by Crippen LogP contribution is -2.28. The van der Waals surface area contributed by atoms with E-state index in [1.54, 1.807) is 30.0 Å². The fourth-order valence-corrected chi connectivity index (χ4v) is 3.10. The van der Waals surface area contributed by atoms with Gasteiger partial charge in [0.25, 0.3) is 0 Å². The third-order valence-electron chi connectivity index (χ3n) is 4.78. The van der Waals surface area contributed by atoms with Gasteiger partial charge in [-0.05, 0) is 43.9 Å². The zero-order chi connectivity index (χ0) is 21.5. The van der Waals surface area contributed by atoms with Gasteiger partial charge in [-0.25, -0.2) is 0 Å². The molecule has 1 amide bonds. The van der Waals surface area contributed by atoms with Crippen molar-refractivity contribution >= 4 is 5.91 Å². The van der Waals surface area contributed by atoms with Gasteiger partial charge < -0.3 is 20.1 Å². The number of ether oxygens (including phenoxy) is 1. The maximum absolute atomic E-state index is 12.5. The van der Waals surface area contributed by atoms with Crippen LogP contribution in [0.3, 0.4) is 0 Å². The first kappa shape index (κ1) is 21.4. The molecule has 0 aliphatic carbocycles. The second kappa shape index (κ2) is 9.93. The van der Waals surface area contributed by atoms with E-state index >= 15 is 0 Å². The lowest BCUT2D eigenvalue weighted by molar-refractivity contribution is -0.122. The van der Waals surface area contributed by atoms with E-state index in [1.807, 2.05) is 50.5 Å². The molecule has 0 bridgehead atoms. The Labute approximate surface area is 176 Å². The van der Waals surface area contributed by atoms with Gasteiger partial charge >= 0.3 is 0 Å². The van der Waals surface area contributed by atoms with Gasteiger partial charge in [-0.3, -0.25) is 9.48 Å². The number of benzene rings is 2. The highest BCUT2D eigenvalue weighted by Crippen LogP contribution is 2.32. The number of nitrogens with zero attached hydrogens (tertiary/aromatic N) is 3. The number of aromatic nitrogens is 2. The Bertz CT molecular complexity index is 983. The Morgan fingerprint density at radius 2 is 1.93 bits per heavy atom. The van der Waals surface area contributed by atoms with Crippen molar-refractivity contribution in [1.82, 2.24) is 20.0 Å². The topological polar surface area (TPSA) is 79.6 Å². The van der Waals surface area contributed by atoms with Crippen LogP contribution in [-0.4, -0.2) is 53.4 Å². The van der Waals surface area contributed by atoms with E-state index in [9.17, 15) is 9.90 Å². The van der Waals surface area contributed by atoms with Crippen LogP contribution in [0.25, 0.3) is 11.3 Å². The zero-order valence-corrected chi connectivity index (χ0v) is 17.6. The first-order valence-corrected chi connectivity index (χ1v) is 9.85. The molecule has 0 saturated carbocycles. The molecule has 2 N–H and O–H groups in total. The average Bonchev–Trinajstić information content (AvgIpc) is 3.14. The summed E-state index contributed by atoms with van der Waals surface area (Å²) in [4.78, 5) is 14.6. The number of phenols is 1. The van der Waals surface area contributed by atoms with Crippen LogP contribution in [0.4, 0.5) is 0 Å². The number of hydrogen-bond acceptors (Lipinski definition) is 5. The van der Waals surface area contributed by atoms with Crippen molar-refractivity contribution in [3.63, 3.8) is 0 Å². The molecule has 0 aliphatic heterocycles. The molecule has 7 nitrogen and oxygen atoms in total. The predicted molar refractivity (Wildman–Crippen MR) is 116 cm³/mol. The minimum atomic E-state index is -0.116. The van der Waals surface area contributed by atoms with Crippen molar-refractivity contribution in [3.8, 4) is 22.8 Å². The summed E-state index contributed by atoms with van der Waals surface area (Å²) in [7, 11) is 5.58. The Morgan fingerprint density at radius 1 is 1.17 bits per heavy atom. The van der Waals surface area contributed by atoms with E-state index in [1.165, 1.54) is 0 Å². The molecule has 1 heterocycles. The number of carbonyl (C=O) groups excluding carboxylic acids is 1. The lowest BCUT2D eigenvalue weighted by Gasteiger charge is -2.11. The number of methoxy groups -OCH3 is 1. The van der Waals surface area contributed by atoms with Crippen LogP contribution in [0.5, 0.6) is 11.5 Å². The molecule has 0 atom stereocenters. The summed E-state index contributed by atoms with van der Waals surface area (Å²) in [6.07, 6.45) is 0.733. The van der Waals surface area contributed by atoms with Crippen molar-refractivity contribution in [2.45, 2.75) is 19.5 Å². The van der Waals surface area contributed by atoms with E-state index < -0.39 is 0 Å². The monoisotopic (exact) mass is 408 g/mol. The van der Waals surface area contributed by atoms with Gasteiger partial charge in [-0.15, -0.1) is 0 Å². The second-order valence-electron chi connectivity index (χ2n) is 7.38. The standard InChI is InChI=1S/C23H28N4O3/c1-26(2)12-11-18-13-21(20-14-19(30-3)9-10-22(20)28)25-27(18)16-23(29)24-15-17-7-5-4-6-8-17/h4-10,13-14,28H,11-12,15-16H2,1-3H3,(H,24,29). The molecule has 0 aliphatic rings. The summed E-state index contributed by atoms with van der Waals surface area (Å²) in [6.45, 7) is 1.40. The van der Waals surface area contributed by atoms with Gasteiger partial charge in [0.2, 0.25) is 5.91 Å². The van der Waals surface area contributed by atoms with Crippen LogP contribution in [0.2, 0.25) is 0 Å². The van der Waals surface area contributed by atoms with Crippen LogP contribution < -0.4 is 10.1 Å². The van der Waals surface area contributed by atoms with E-state index in [4.69, 9.17) is 4.74 Å². The first-order valence-electron chi connectivity index (χ1n) is 9.85. The van der Waals surface area contributed by atoms with Crippen molar-refractivity contribution in [2.24, 2.45) is 0 Å². The van der Waals surface area contributed by atoms with Gasteiger partial charge in [0, 0.05) is 30.8 Å². The van der Waals surface area contributed by atoms with Gasteiger partial charge in [-0.1, -0.05) is 30.3 Å². The molecular formula is C23H28N4O3. The molecule has 2 aromatic carbocycles. The summed E-state index contributed by atoms with van der Waals surface area (Å²) in [5.74, 6) is 0.635. The van der Waals surface area contributed by atoms with Crippen LogP contribution >= 0.6 is 0 Å². The Hall–Kier alpha value is -3.32. The number of nitrogens with one attached hydrogen (secondary N) is 1. The fourth-order valence-electron chi connectivity index (χ4n) is 3.10. The maximum atomic E-state index is 12.5. The predicted octanol–water partition coefficient (Wildman–Crippen LogP) is 2.68. The molecule has 7 heteroatoms. The minimum Gasteiger partial charge on any atom is -0.507 e. The molecule has 0 spiro atoms. The van der Waals surface area contributed by atoms with Crippen LogP contribution in [0, 0.1) is 0 Å². The van der Waals surface area contributed by atoms with Gasteiger partial charge in [-0.2, -0.15) is 5.10 Å². The highest BCUT2D eigenvalue weighted by Gasteiger charge is 2.16. The second-order valence-corrected chi connectivity index (χ2v) is 7.38. The molecule has 3 aromatic rings. The quantitative estimate of drug-likeness (QED) is 0.569. The number of rotatable bonds is 9. The highest BCUT2D eigenvalue weighted by molar-refractivity contribution is 5.76. The first-order chi connectivity index (χ1) is 14.5. The van der Waals surface area contributed by atoms with E-state index in [2.05, 4.69) is 15.3 Å². The largest absolute Gasteiger partial charge is 0.507 e. The van der Waals surface area contributed by atoms with Crippen LogP contribution in [0.1, 0.15) is 11.3 Å². The van der Waals surface area contributed by atoms with Crippen molar-refractivity contribution in [2.75, 3.05) is 27.7 Å². The van der Waals surface area contributed by atoms with E-state index in [-0.39, 0.29) is 18.2 Å². The lowest BCUT2D eigenvalue weighted by atomic mass is 10.1. The summed E-state index contributed by atoms with van der Waals surface area (Å²) in [5, 5.41) is 17.9. The number of aromatic hydroxyl groups is 1. The number of phenolic OH excluding ortho intramolecular Hbond substituents is 1. The molecule has 158 valence electrons. The normalized spacial score (nSPS) is 10.9. The molecular weight excluding hydrogens is 380 g/mol. The SMILES string of the molecule is COc1ccc(O)c(-c2cc(CCN(C)C)n(CC(=O)NCc3ccccc3)n2)c1. The summed E-state index contributed by atoms with van der Waals surface area (Å²) >= 11 is 0. The summed E-state index contributed by atoms with van der Waals surface area (Å²) in [6, 6.07) is 16.7. The van der Waals surface area contributed by atoms with Crippen molar-refractivity contribution < 1.29 is 14.6 Å². The number of hydrogen-bond donors (Lipinski definition) is 2. The number of amides is 1. The molecule has 0 unspecified atom stereocenters. The highest BCUT2D eigenvalue weighted by atomic mass is 16.5. The van der Waals surface area contributed by atoms with E-state index in [0.717, 1.165) is 24.2 Å². The summed E-state index contributed by atoms with van der Waals surface area (Å²) in [5.41, 5.74) is 3.15. The van der Waals surface area contributed by atoms with Gasteiger partial charge in [0.1, 0.15) is 18.0 Å². The molecule has 0 fully saturated rings. The third kappa shape index (κ3) is 5.61. The number of carbonyl (C=O) groups is 1. The Morgan fingerprint density at radius 3 is 2.63 bits per heavy atom. The van der Waals surface area contributed by atoms with Crippen molar-refractivity contribution in [1.29, 1.82) is 0 Å². The Kier molecular flexibility index (Phi) is 7.08. The number of likely N-dealkylation sites (N-methyl/N-ethyl adjacent to an activating group) is 1. The van der Waals surface area contributed by atoms with Crippen LogP contribution in [-0.2, 0) is 24.3 Å². The minimum absolute atomic E-state index is 0.111. The molecule has 0 radical (unpaired) electrons.